The number of hydrogen-bond donors (Lipinski definition) is 2. The second-order valence-electron chi connectivity index (χ2n) is 7.67. The van der Waals surface area contributed by atoms with Crippen LogP contribution in [-0.2, 0) is 0 Å². The number of nitrogens with zero attached hydrogens (tertiary/aromatic N) is 4. The lowest BCUT2D eigenvalue weighted by molar-refractivity contribution is 0.209. The fourth-order valence-electron chi connectivity index (χ4n) is 3.36. The zero-order chi connectivity index (χ0) is 20.3. The summed E-state index contributed by atoms with van der Waals surface area (Å²) in [6.07, 6.45) is 1.58. The van der Waals surface area contributed by atoms with Crippen molar-refractivity contribution < 1.29 is 4.74 Å². The van der Waals surface area contributed by atoms with Crippen LogP contribution in [0.2, 0.25) is 0 Å². The summed E-state index contributed by atoms with van der Waals surface area (Å²) in [7, 11) is 0. The molecule has 150 valence electrons. The summed E-state index contributed by atoms with van der Waals surface area (Å²) in [4.78, 5) is 13.5. The number of benzene rings is 1. The third kappa shape index (κ3) is 4.59. The van der Waals surface area contributed by atoms with E-state index in [0.717, 1.165) is 32.0 Å². The van der Waals surface area contributed by atoms with Gasteiger partial charge in [-0.15, -0.1) is 0 Å². The van der Waals surface area contributed by atoms with E-state index < -0.39 is 0 Å². The first-order valence-electron chi connectivity index (χ1n) is 9.81. The quantitative estimate of drug-likeness (QED) is 0.590. The van der Waals surface area contributed by atoms with Gasteiger partial charge in [0.1, 0.15) is 17.9 Å². The minimum atomic E-state index is 0.0563. The van der Waals surface area contributed by atoms with Gasteiger partial charge in [-0.1, -0.05) is 0 Å². The molecule has 7 heteroatoms. The molecule has 2 heterocycles. The van der Waals surface area contributed by atoms with Gasteiger partial charge in [-0.25, -0.2) is 9.97 Å². The molecular formula is C21H30N6O. The van der Waals surface area contributed by atoms with Gasteiger partial charge >= 0.3 is 0 Å². The minimum Gasteiger partial charge on any atom is -0.491 e. The van der Waals surface area contributed by atoms with Crippen molar-refractivity contribution in [1.82, 2.24) is 14.9 Å². The molecule has 0 unspecified atom stereocenters. The highest BCUT2D eigenvalue weighted by Gasteiger charge is 2.21. The number of nitrogen functional groups attached to an aromatic ring is 1. The van der Waals surface area contributed by atoms with Gasteiger partial charge in [-0.05, 0) is 45.9 Å². The van der Waals surface area contributed by atoms with Gasteiger partial charge in [-0.3, -0.25) is 10.3 Å². The first-order valence-corrected chi connectivity index (χ1v) is 9.81. The standard InChI is InChI=1S/C21H30N6O/c1-14(2)26-7-9-27(10-8-26)20-12-19(24-13-25-20)21(23)17-11-16(28-15(3)4)5-6-18(17)22/h5-6,11-15,23H,7-10,22H2,1-4H3. The van der Waals surface area contributed by atoms with E-state index in [1.54, 1.807) is 12.1 Å². The molecule has 1 aliphatic rings. The second kappa shape index (κ2) is 8.56. The van der Waals surface area contributed by atoms with Crippen LogP contribution in [0.25, 0.3) is 0 Å². The maximum absolute atomic E-state index is 8.64. The van der Waals surface area contributed by atoms with E-state index in [9.17, 15) is 0 Å². The molecule has 0 atom stereocenters. The Bertz CT molecular complexity index is 827. The van der Waals surface area contributed by atoms with E-state index >= 15 is 0 Å². The number of nitrogens with two attached hydrogens (primary N) is 1. The van der Waals surface area contributed by atoms with Crippen LogP contribution >= 0.6 is 0 Å². The van der Waals surface area contributed by atoms with Crippen LogP contribution < -0.4 is 15.4 Å². The minimum absolute atomic E-state index is 0.0563. The molecule has 0 spiro atoms. The van der Waals surface area contributed by atoms with Gasteiger partial charge in [0.15, 0.2) is 0 Å². The highest BCUT2D eigenvalue weighted by molar-refractivity contribution is 6.13. The number of piperazine rings is 1. The summed E-state index contributed by atoms with van der Waals surface area (Å²) in [6.45, 7) is 12.2. The lowest BCUT2D eigenvalue weighted by Crippen LogP contribution is -2.49. The highest BCUT2D eigenvalue weighted by atomic mass is 16.5. The van der Waals surface area contributed by atoms with Crippen molar-refractivity contribution in [1.29, 1.82) is 5.41 Å². The normalized spacial score (nSPS) is 15.3. The molecule has 0 bridgehead atoms. The molecule has 0 radical (unpaired) electrons. The van der Waals surface area contributed by atoms with Crippen molar-refractivity contribution in [2.75, 3.05) is 36.8 Å². The van der Waals surface area contributed by atoms with Gasteiger partial charge in [0.25, 0.3) is 0 Å². The molecule has 1 fully saturated rings. The Kier molecular flexibility index (Phi) is 6.14. The van der Waals surface area contributed by atoms with E-state index in [2.05, 4.69) is 33.6 Å². The first-order chi connectivity index (χ1) is 13.3. The molecule has 1 aliphatic heterocycles. The molecule has 0 amide bonds. The third-order valence-electron chi connectivity index (χ3n) is 4.94. The summed E-state index contributed by atoms with van der Waals surface area (Å²) in [5.41, 5.74) is 8.11. The Balaban J connectivity index is 1.80. The monoisotopic (exact) mass is 382 g/mol. The van der Waals surface area contributed by atoms with Crippen molar-refractivity contribution in [2.45, 2.75) is 39.8 Å². The summed E-state index contributed by atoms with van der Waals surface area (Å²) >= 11 is 0. The molecule has 7 nitrogen and oxygen atoms in total. The number of rotatable bonds is 6. The summed E-state index contributed by atoms with van der Waals surface area (Å²) < 4.78 is 5.75. The van der Waals surface area contributed by atoms with Crippen molar-refractivity contribution in [2.24, 2.45) is 0 Å². The molecule has 1 aromatic heterocycles. The lowest BCUT2D eigenvalue weighted by atomic mass is 10.0. The predicted molar refractivity (Wildman–Crippen MR) is 114 cm³/mol. The zero-order valence-electron chi connectivity index (χ0n) is 17.1. The molecule has 2 aromatic rings. The Labute approximate surface area is 167 Å². The summed E-state index contributed by atoms with van der Waals surface area (Å²) in [5, 5.41) is 8.64. The molecule has 0 saturated carbocycles. The van der Waals surface area contributed by atoms with Gasteiger partial charge in [0.2, 0.25) is 0 Å². The molecule has 1 saturated heterocycles. The second-order valence-corrected chi connectivity index (χ2v) is 7.67. The van der Waals surface area contributed by atoms with Gasteiger partial charge in [0.05, 0.1) is 17.5 Å². The number of nitrogens with one attached hydrogen (secondary N) is 1. The zero-order valence-corrected chi connectivity index (χ0v) is 17.1. The fraction of sp³-hybridized carbons (Fsp3) is 0.476. The number of ether oxygens (including phenoxy) is 1. The third-order valence-corrected chi connectivity index (χ3v) is 4.94. The first kappa shape index (κ1) is 20.1. The Morgan fingerprint density at radius 2 is 1.79 bits per heavy atom. The number of anilines is 2. The summed E-state index contributed by atoms with van der Waals surface area (Å²) in [6, 6.07) is 7.84. The van der Waals surface area contributed by atoms with Crippen LogP contribution in [0.1, 0.15) is 39.0 Å². The van der Waals surface area contributed by atoms with Crippen LogP contribution in [0.3, 0.4) is 0 Å². The summed E-state index contributed by atoms with van der Waals surface area (Å²) in [5.74, 6) is 1.55. The smallest absolute Gasteiger partial charge is 0.132 e. The van der Waals surface area contributed by atoms with Crippen LogP contribution in [0.15, 0.2) is 30.6 Å². The van der Waals surface area contributed by atoms with E-state index in [0.29, 0.717) is 28.7 Å². The molecule has 0 aliphatic carbocycles. The van der Waals surface area contributed by atoms with Crippen LogP contribution in [0.4, 0.5) is 11.5 Å². The van der Waals surface area contributed by atoms with Gasteiger partial charge in [0, 0.05) is 49.5 Å². The highest BCUT2D eigenvalue weighted by Crippen LogP contribution is 2.24. The topological polar surface area (TPSA) is 91.4 Å². The molecule has 3 rings (SSSR count). The van der Waals surface area contributed by atoms with Crippen LogP contribution in [-0.4, -0.2) is 58.9 Å². The van der Waals surface area contributed by atoms with E-state index in [1.165, 1.54) is 6.33 Å². The van der Waals surface area contributed by atoms with E-state index in [4.69, 9.17) is 15.9 Å². The van der Waals surface area contributed by atoms with E-state index in [-0.39, 0.29) is 11.8 Å². The fourth-order valence-corrected chi connectivity index (χ4v) is 3.36. The van der Waals surface area contributed by atoms with Gasteiger partial charge < -0.3 is 15.4 Å². The number of aromatic nitrogens is 2. The Morgan fingerprint density at radius 1 is 1.07 bits per heavy atom. The molecule has 28 heavy (non-hydrogen) atoms. The van der Waals surface area contributed by atoms with Crippen LogP contribution in [0.5, 0.6) is 5.75 Å². The van der Waals surface area contributed by atoms with Crippen LogP contribution in [0, 0.1) is 5.41 Å². The van der Waals surface area contributed by atoms with Crippen molar-refractivity contribution >= 4 is 17.2 Å². The van der Waals surface area contributed by atoms with Crippen molar-refractivity contribution in [3.63, 3.8) is 0 Å². The van der Waals surface area contributed by atoms with Crippen molar-refractivity contribution in [3.8, 4) is 5.75 Å². The molecular weight excluding hydrogens is 352 g/mol. The maximum Gasteiger partial charge on any atom is 0.132 e. The average molecular weight is 383 g/mol. The van der Waals surface area contributed by atoms with Gasteiger partial charge in [-0.2, -0.15) is 0 Å². The van der Waals surface area contributed by atoms with E-state index in [1.807, 2.05) is 26.0 Å². The largest absolute Gasteiger partial charge is 0.491 e. The van der Waals surface area contributed by atoms with Crippen molar-refractivity contribution in [3.05, 3.63) is 41.9 Å². The Hall–Kier alpha value is -2.67. The Morgan fingerprint density at radius 3 is 2.43 bits per heavy atom. The average Bonchev–Trinajstić information content (AvgIpc) is 2.68. The molecule has 3 N–H and O–H groups in total. The molecule has 1 aromatic carbocycles. The lowest BCUT2D eigenvalue weighted by Gasteiger charge is -2.37. The SMILES string of the molecule is CC(C)Oc1ccc(N)c(C(=N)c2cc(N3CCN(C(C)C)CC3)ncn2)c1. The predicted octanol–water partition coefficient (Wildman–Crippen LogP) is 2.79. The number of hydrogen-bond acceptors (Lipinski definition) is 7. The maximum atomic E-state index is 8.64.